The molecule has 2 N–H and O–H groups in total. The molecule has 2 aliphatic rings. The quantitative estimate of drug-likeness (QED) is 0.667. The van der Waals surface area contributed by atoms with E-state index in [2.05, 4.69) is 5.32 Å². The molecule has 3 atom stereocenters. The van der Waals surface area contributed by atoms with Gasteiger partial charge in [-0.2, -0.15) is 0 Å². The zero-order valence-corrected chi connectivity index (χ0v) is 9.37. The first kappa shape index (κ1) is 11.4. The van der Waals surface area contributed by atoms with Gasteiger partial charge in [-0.15, -0.1) is 0 Å². The Hall–Kier alpha value is -1.11. The van der Waals surface area contributed by atoms with Gasteiger partial charge in [0.25, 0.3) is 0 Å². The van der Waals surface area contributed by atoms with Crippen LogP contribution in [0.2, 0.25) is 0 Å². The van der Waals surface area contributed by atoms with Crippen molar-refractivity contribution < 1.29 is 23.1 Å². The van der Waals surface area contributed by atoms with E-state index in [1.807, 2.05) is 0 Å². The molecule has 6 nitrogen and oxygen atoms in total. The van der Waals surface area contributed by atoms with Crippen LogP contribution < -0.4 is 5.32 Å². The molecule has 0 aromatic carbocycles. The third kappa shape index (κ3) is 2.34. The highest BCUT2D eigenvalue weighted by atomic mass is 32.2. The number of hydrogen-bond donors (Lipinski definition) is 2. The molecular weight excluding hydrogens is 234 g/mol. The van der Waals surface area contributed by atoms with Crippen molar-refractivity contribution >= 4 is 21.7 Å². The Kier molecular flexibility index (Phi) is 2.65. The number of carboxylic acid groups (broad SMARTS) is 1. The minimum Gasteiger partial charge on any atom is -0.481 e. The third-order valence-electron chi connectivity index (χ3n) is 3.02. The van der Waals surface area contributed by atoms with Crippen molar-refractivity contribution in [2.75, 3.05) is 11.5 Å². The number of carboxylic acids is 1. The average molecular weight is 247 g/mol. The van der Waals surface area contributed by atoms with Crippen LogP contribution in [0.15, 0.2) is 0 Å². The number of nitrogens with one attached hydrogen (secondary N) is 1. The number of carbonyl (C=O) groups is 2. The molecule has 0 bridgehead atoms. The van der Waals surface area contributed by atoms with E-state index in [1.54, 1.807) is 0 Å². The van der Waals surface area contributed by atoms with E-state index in [1.165, 1.54) is 0 Å². The van der Waals surface area contributed by atoms with E-state index in [0.29, 0.717) is 12.8 Å². The second-order valence-electron chi connectivity index (χ2n) is 4.40. The van der Waals surface area contributed by atoms with Gasteiger partial charge in [-0.05, 0) is 12.8 Å². The van der Waals surface area contributed by atoms with E-state index < -0.39 is 27.6 Å². The highest BCUT2D eigenvalue weighted by molar-refractivity contribution is 7.91. The number of sulfone groups is 1. The van der Waals surface area contributed by atoms with Crippen LogP contribution in [0.3, 0.4) is 0 Å². The minimum absolute atomic E-state index is 0.0246. The van der Waals surface area contributed by atoms with Gasteiger partial charge in [-0.1, -0.05) is 0 Å². The van der Waals surface area contributed by atoms with Crippen LogP contribution in [0.25, 0.3) is 0 Å². The zero-order valence-electron chi connectivity index (χ0n) is 8.55. The lowest BCUT2D eigenvalue weighted by Crippen LogP contribution is -2.37. The molecule has 3 unspecified atom stereocenters. The van der Waals surface area contributed by atoms with Crippen molar-refractivity contribution in [3.05, 3.63) is 0 Å². The van der Waals surface area contributed by atoms with Gasteiger partial charge < -0.3 is 10.4 Å². The fourth-order valence-electron chi connectivity index (χ4n) is 1.97. The molecule has 90 valence electrons. The minimum atomic E-state index is -3.01. The predicted molar refractivity (Wildman–Crippen MR) is 54.4 cm³/mol. The smallest absolute Gasteiger partial charge is 0.307 e. The molecule has 0 radical (unpaired) electrons. The van der Waals surface area contributed by atoms with Crippen LogP contribution in [-0.4, -0.2) is 42.9 Å². The molecule has 2 fully saturated rings. The van der Waals surface area contributed by atoms with E-state index >= 15 is 0 Å². The Morgan fingerprint density at radius 2 is 1.94 bits per heavy atom. The van der Waals surface area contributed by atoms with Crippen LogP contribution in [0.5, 0.6) is 0 Å². The summed E-state index contributed by atoms with van der Waals surface area (Å²) >= 11 is 0. The number of amides is 1. The van der Waals surface area contributed by atoms with Gasteiger partial charge in [0.1, 0.15) is 0 Å². The summed E-state index contributed by atoms with van der Waals surface area (Å²) in [5, 5.41) is 11.2. The largest absolute Gasteiger partial charge is 0.481 e. The van der Waals surface area contributed by atoms with Crippen molar-refractivity contribution in [3.63, 3.8) is 0 Å². The Balaban J connectivity index is 1.84. The molecule has 1 aliphatic carbocycles. The van der Waals surface area contributed by atoms with Crippen molar-refractivity contribution in [1.29, 1.82) is 0 Å². The summed E-state index contributed by atoms with van der Waals surface area (Å²) in [5.74, 6) is -2.26. The van der Waals surface area contributed by atoms with Crippen molar-refractivity contribution in [2.24, 2.45) is 11.8 Å². The molecule has 2 rings (SSSR count). The molecule has 1 saturated carbocycles. The molecule has 1 aliphatic heterocycles. The maximum absolute atomic E-state index is 11.5. The Morgan fingerprint density at radius 3 is 2.38 bits per heavy atom. The van der Waals surface area contributed by atoms with Gasteiger partial charge in [-0.25, -0.2) is 8.42 Å². The topological polar surface area (TPSA) is 101 Å². The van der Waals surface area contributed by atoms with E-state index in [9.17, 15) is 18.0 Å². The van der Waals surface area contributed by atoms with Crippen molar-refractivity contribution in [1.82, 2.24) is 5.32 Å². The van der Waals surface area contributed by atoms with E-state index in [0.717, 1.165) is 0 Å². The van der Waals surface area contributed by atoms with Crippen LogP contribution in [0.4, 0.5) is 0 Å². The standard InChI is InChI=1S/C9H13NO5S/c11-8(6-3-7(6)9(12)13)10-5-1-2-16(14,15)4-5/h5-7H,1-4H2,(H,10,11)(H,12,13). The maximum Gasteiger partial charge on any atom is 0.307 e. The molecule has 1 amide bonds. The van der Waals surface area contributed by atoms with Gasteiger partial charge in [-0.3, -0.25) is 9.59 Å². The molecule has 0 aromatic heterocycles. The number of rotatable bonds is 3. The number of carbonyl (C=O) groups excluding carboxylic acids is 1. The van der Waals surface area contributed by atoms with Crippen LogP contribution >= 0.6 is 0 Å². The van der Waals surface area contributed by atoms with Gasteiger partial charge in [0.05, 0.1) is 23.3 Å². The number of aliphatic carboxylic acids is 1. The second kappa shape index (κ2) is 3.73. The first-order valence-corrected chi connectivity index (χ1v) is 6.95. The van der Waals surface area contributed by atoms with Crippen LogP contribution in [0.1, 0.15) is 12.8 Å². The highest BCUT2D eigenvalue weighted by Crippen LogP contribution is 2.38. The lowest BCUT2D eigenvalue weighted by atomic mass is 10.2. The van der Waals surface area contributed by atoms with Gasteiger partial charge in [0, 0.05) is 6.04 Å². The monoisotopic (exact) mass is 247 g/mol. The van der Waals surface area contributed by atoms with Crippen molar-refractivity contribution in [3.8, 4) is 0 Å². The summed E-state index contributed by atoms with van der Waals surface area (Å²) in [5.41, 5.74) is 0. The zero-order chi connectivity index (χ0) is 11.9. The van der Waals surface area contributed by atoms with Crippen LogP contribution in [-0.2, 0) is 19.4 Å². The normalized spacial score (nSPS) is 35.6. The Labute approximate surface area is 92.9 Å². The summed E-state index contributed by atoms with van der Waals surface area (Å²) in [4.78, 5) is 22.1. The fourth-order valence-corrected chi connectivity index (χ4v) is 3.65. The molecule has 7 heteroatoms. The molecule has 0 spiro atoms. The summed E-state index contributed by atoms with van der Waals surface area (Å²) < 4.78 is 22.3. The molecular formula is C9H13NO5S. The first-order chi connectivity index (χ1) is 7.39. The molecule has 1 saturated heterocycles. The molecule has 16 heavy (non-hydrogen) atoms. The summed E-state index contributed by atoms with van der Waals surface area (Å²) in [7, 11) is -3.01. The third-order valence-corrected chi connectivity index (χ3v) is 4.79. The maximum atomic E-state index is 11.5. The summed E-state index contributed by atoms with van der Waals surface area (Å²) in [6, 6.07) is -0.340. The first-order valence-electron chi connectivity index (χ1n) is 5.12. The number of hydrogen-bond acceptors (Lipinski definition) is 4. The molecule has 0 aromatic rings. The molecule has 1 heterocycles. The van der Waals surface area contributed by atoms with Crippen molar-refractivity contribution in [2.45, 2.75) is 18.9 Å². The lowest BCUT2D eigenvalue weighted by molar-refractivity contribution is -0.140. The van der Waals surface area contributed by atoms with Gasteiger partial charge in [0.2, 0.25) is 5.91 Å². The fraction of sp³-hybridized carbons (Fsp3) is 0.778. The Morgan fingerprint density at radius 1 is 1.25 bits per heavy atom. The average Bonchev–Trinajstić information content (AvgIpc) is 2.87. The highest BCUT2D eigenvalue weighted by Gasteiger charge is 2.49. The Bertz CT molecular complexity index is 429. The van der Waals surface area contributed by atoms with E-state index in [-0.39, 0.29) is 23.5 Å². The predicted octanol–water partition coefficient (Wildman–Crippen LogP) is -0.990. The van der Waals surface area contributed by atoms with E-state index in [4.69, 9.17) is 5.11 Å². The van der Waals surface area contributed by atoms with Gasteiger partial charge in [0.15, 0.2) is 9.84 Å². The SMILES string of the molecule is O=C(O)C1CC1C(=O)NC1CCS(=O)(=O)C1. The van der Waals surface area contributed by atoms with Crippen LogP contribution in [0, 0.1) is 11.8 Å². The van der Waals surface area contributed by atoms with Gasteiger partial charge >= 0.3 is 5.97 Å². The summed E-state index contributed by atoms with van der Waals surface area (Å²) in [6.45, 7) is 0. The lowest BCUT2D eigenvalue weighted by Gasteiger charge is -2.09. The summed E-state index contributed by atoms with van der Waals surface area (Å²) in [6.07, 6.45) is 0.791. The second-order valence-corrected chi connectivity index (χ2v) is 6.62.